The van der Waals surface area contributed by atoms with Gasteiger partial charge in [-0.25, -0.2) is 8.42 Å². The van der Waals surface area contributed by atoms with Gasteiger partial charge < -0.3 is 4.90 Å². The molecule has 0 spiro atoms. The van der Waals surface area contributed by atoms with Crippen LogP contribution >= 0.6 is 0 Å². The molecule has 23 heavy (non-hydrogen) atoms. The predicted molar refractivity (Wildman–Crippen MR) is 87.1 cm³/mol. The van der Waals surface area contributed by atoms with Gasteiger partial charge in [-0.05, 0) is 6.07 Å². The zero-order chi connectivity index (χ0) is 15.9. The van der Waals surface area contributed by atoms with Gasteiger partial charge in [-0.3, -0.25) is 0 Å². The first-order chi connectivity index (χ1) is 11.1. The Labute approximate surface area is 133 Å². The summed E-state index contributed by atoms with van der Waals surface area (Å²) in [6, 6.07) is 11.8. The molecule has 1 aliphatic heterocycles. The zero-order valence-electron chi connectivity index (χ0n) is 12.3. The van der Waals surface area contributed by atoms with Crippen LogP contribution in [0.5, 0.6) is 0 Å². The Morgan fingerprint density at radius 3 is 2.52 bits per heavy atom. The number of anilines is 1. The highest BCUT2D eigenvalue weighted by Crippen LogP contribution is 2.26. The van der Waals surface area contributed by atoms with Crippen molar-refractivity contribution >= 4 is 21.2 Å². The number of hydrogen-bond acceptors (Lipinski definition) is 6. The summed E-state index contributed by atoms with van der Waals surface area (Å²) in [5.41, 5.74) is 3.31. The van der Waals surface area contributed by atoms with Crippen molar-refractivity contribution in [2.75, 3.05) is 29.5 Å². The predicted octanol–water partition coefficient (Wildman–Crippen LogP) is 1.03. The number of hydrogen-bond donors (Lipinski definition) is 0. The third-order valence-corrected chi connectivity index (χ3v) is 5.61. The van der Waals surface area contributed by atoms with E-state index in [1.165, 1.54) is 0 Å². The van der Waals surface area contributed by atoms with E-state index in [1.807, 2.05) is 41.3 Å². The van der Waals surface area contributed by atoms with Gasteiger partial charge in [0.05, 0.1) is 22.9 Å². The molecule has 3 aromatic rings. The summed E-state index contributed by atoms with van der Waals surface area (Å²) in [4.78, 5) is 2.04. The molecule has 1 aliphatic rings. The lowest BCUT2D eigenvalue weighted by Crippen LogP contribution is -2.40. The molecule has 0 radical (unpaired) electrons. The molecule has 1 saturated heterocycles. The Morgan fingerprint density at radius 1 is 1.04 bits per heavy atom. The van der Waals surface area contributed by atoms with Crippen LogP contribution in [0.2, 0.25) is 0 Å². The summed E-state index contributed by atoms with van der Waals surface area (Å²) >= 11 is 0. The topological polar surface area (TPSA) is 80.5 Å². The van der Waals surface area contributed by atoms with E-state index in [1.54, 1.807) is 10.8 Å². The van der Waals surface area contributed by atoms with Crippen molar-refractivity contribution in [1.29, 1.82) is 0 Å². The van der Waals surface area contributed by atoms with Crippen LogP contribution in [0.15, 0.2) is 42.7 Å². The molecule has 118 valence electrons. The van der Waals surface area contributed by atoms with Crippen molar-refractivity contribution in [3.05, 3.63) is 42.7 Å². The number of nitrogens with zero attached hydrogens (tertiary/aromatic N) is 5. The standard InChI is InChI=1S/C15H15N5O2S/c21-23(22)8-6-19(7-9-23)14-10-13(12-4-2-1-3-5-12)18-20-11-16-17-15(14)20/h1-5,10-11H,6-9H2. The Bertz CT molecular complexity index is 938. The number of benzene rings is 1. The van der Waals surface area contributed by atoms with Crippen LogP contribution in [-0.4, -0.2) is 52.8 Å². The Balaban J connectivity index is 1.81. The van der Waals surface area contributed by atoms with Crippen molar-refractivity contribution in [3.8, 4) is 11.3 Å². The summed E-state index contributed by atoms with van der Waals surface area (Å²) in [7, 11) is -2.93. The molecule has 0 bridgehead atoms. The molecular weight excluding hydrogens is 314 g/mol. The quantitative estimate of drug-likeness (QED) is 0.698. The van der Waals surface area contributed by atoms with Crippen LogP contribution in [0.25, 0.3) is 16.9 Å². The van der Waals surface area contributed by atoms with Crippen LogP contribution in [0, 0.1) is 0 Å². The number of sulfone groups is 1. The van der Waals surface area contributed by atoms with Crippen molar-refractivity contribution < 1.29 is 8.42 Å². The number of fused-ring (bicyclic) bond motifs is 1. The smallest absolute Gasteiger partial charge is 0.200 e. The first-order valence-corrected chi connectivity index (χ1v) is 9.16. The lowest BCUT2D eigenvalue weighted by Gasteiger charge is -2.28. The minimum absolute atomic E-state index is 0.163. The Morgan fingerprint density at radius 2 is 1.78 bits per heavy atom. The van der Waals surface area contributed by atoms with Gasteiger partial charge in [-0.2, -0.15) is 9.61 Å². The highest BCUT2D eigenvalue weighted by molar-refractivity contribution is 7.91. The summed E-state index contributed by atoms with van der Waals surface area (Å²) in [6.07, 6.45) is 1.56. The van der Waals surface area contributed by atoms with E-state index in [0.717, 1.165) is 16.9 Å². The van der Waals surface area contributed by atoms with Crippen molar-refractivity contribution in [3.63, 3.8) is 0 Å². The van der Waals surface area contributed by atoms with Gasteiger partial charge in [-0.1, -0.05) is 30.3 Å². The Hall–Kier alpha value is -2.48. The number of aromatic nitrogens is 4. The van der Waals surface area contributed by atoms with Crippen molar-refractivity contribution in [2.45, 2.75) is 0 Å². The molecular formula is C15H15N5O2S. The van der Waals surface area contributed by atoms with Gasteiger partial charge in [-0.15, -0.1) is 10.2 Å². The molecule has 0 atom stereocenters. The second-order valence-corrected chi connectivity index (χ2v) is 7.82. The fourth-order valence-corrected chi connectivity index (χ4v) is 3.95. The van der Waals surface area contributed by atoms with Gasteiger partial charge in [0.25, 0.3) is 0 Å². The molecule has 4 rings (SSSR count). The highest BCUT2D eigenvalue weighted by Gasteiger charge is 2.24. The average Bonchev–Trinajstić information content (AvgIpc) is 3.03. The fraction of sp³-hybridized carbons (Fsp3) is 0.267. The normalized spacial score (nSPS) is 17.5. The van der Waals surface area contributed by atoms with Crippen LogP contribution in [-0.2, 0) is 9.84 Å². The van der Waals surface area contributed by atoms with Gasteiger partial charge in [0.1, 0.15) is 6.33 Å². The van der Waals surface area contributed by atoms with Gasteiger partial charge >= 0.3 is 0 Å². The van der Waals surface area contributed by atoms with E-state index < -0.39 is 9.84 Å². The molecule has 7 nitrogen and oxygen atoms in total. The molecule has 0 amide bonds. The third-order valence-electron chi connectivity index (χ3n) is 4.00. The van der Waals surface area contributed by atoms with Gasteiger partial charge in [0, 0.05) is 18.7 Å². The monoisotopic (exact) mass is 329 g/mol. The van der Waals surface area contributed by atoms with Gasteiger partial charge in [0.2, 0.25) is 5.65 Å². The zero-order valence-corrected chi connectivity index (χ0v) is 13.1. The Kier molecular flexibility index (Phi) is 3.26. The van der Waals surface area contributed by atoms with Crippen LogP contribution in [0.3, 0.4) is 0 Å². The summed E-state index contributed by atoms with van der Waals surface area (Å²) in [5.74, 6) is 0.326. The molecule has 3 heterocycles. The average molecular weight is 329 g/mol. The lowest BCUT2D eigenvalue weighted by molar-refractivity contribution is 0.587. The first-order valence-electron chi connectivity index (χ1n) is 7.34. The maximum absolute atomic E-state index is 11.7. The van der Waals surface area contributed by atoms with Crippen molar-refractivity contribution in [2.24, 2.45) is 0 Å². The first kappa shape index (κ1) is 14.1. The van der Waals surface area contributed by atoms with E-state index in [9.17, 15) is 8.42 Å². The lowest BCUT2D eigenvalue weighted by atomic mass is 10.1. The van der Waals surface area contributed by atoms with Crippen LogP contribution < -0.4 is 4.90 Å². The maximum Gasteiger partial charge on any atom is 0.200 e. The molecule has 0 aliphatic carbocycles. The molecule has 1 aromatic carbocycles. The molecule has 1 fully saturated rings. The molecule has 0 N–H and O–H groups in total. The molecule has 0 unspecified atom stereocenters. The minimum atomic E-state index is -2.93. The third kappa shape index (κ3) is 2.65. The van der Waals surface area contributed by atoms with E-state index in [-0.39, 0.29) is 11.5 Å². The van der Waals surface area contributed by atoms with Crippen LogP contribution in [0.4, 0.5) is 5.69 Å². The summed E-state index contributed by atoms with van der Waals surface area (Å²) in [5, 5.41) is 12.6. The second-order valence-electron chi connectivity index (χ2n) is 5.52. The molecule has 0 saturated carbocycles. The van der Waals surface area contributed by atoms with Crippen LogP contribution in [0.1, 0.15) is 0 Å². The molecule has 8 heteroatoms. The fourth-order valence-electron chi connectivity index (χ4n) is 2.75. The van der Waals surface area contributed by atoms with Gasteiger partial charge in [0.15, 0.2) is 9.84 Å². The van der Waals surface area contributed by atoms with E-state index in [2.05, 4.69) is 15.3 Å². The van der Waals surface area contributed by atoms with E-state index in [4.69, 9.17) is 0 Å². The largest absolute Gasteiger partial charge is 0.366 e. The van der Waals surface area contributed by atoms with E-state index >= 15 is 0 Å². The van der Waals surface area contributed by atoms with E-state index in [0.29, 0.717) is 18.7 Å². The second kappa shape index (κ2) is 5.31. The maximum atomic E-state index is 11.7. The van der Waals surface area contributed by atoms with Crippen molar-refractivity contribution in [1.82, 2.24) is 19.8 Å². The highest BCUT2D eigenvalue weighted by atomic mass is 32.2. The summed E-state index contributed by atoms with van der Waals surface area (Å²) < 4.78 is 25.0. The SMILES string of the molecule is O=S1(=O)CCN(c2cc(-c3ccccc3)nn3cnnc23)CC1. The summed E-state index contributed by atoms with van der Waals surface area (Å²) in [6.45, 7) is 0.923. The molecule has 2 aromatic heterocycles. The number of rotatable bonds is 2. The minimum Gasteiger partial charge on any atom is -0.366 e.